The number of hydrogen-bond acceptors (Lipinski definition) is 2. The zero-order valence-electron chi connectivity index (χ0n) is 11.9. The zero-order valence-corrected chi connectivity index (χ0v) is 11.9. The van der Waals surface area contributed by atoms with Gasteiger partial charge in [-0.3, -0.25) is 0 Å². The van der Waals surface area contributed by atoms with Crippen molar-refractivity contribution in [3.8, 4) is 0 Å². The Labute approximate surface area is 110 Å². The number of halogens is 1. The van der Waals surface area contributed by atoms with E-state index in [1.54, 1.807) is 6.07 Å². The molecule has 0 aromatic heterocycles. The third-order valence-electron chi connectivity index (χ3n) is 3.11. The van der Waals surface area contributed by atoms with E-state index in [1.165, 1.54) is 6.07 Å². The van der Waals surface area contributed by atoms with Crippen molar-refractivity contribution >= 4 is 0 Å². The molecule has 3 heteroatoms. The topological polar surface area (TPSA) is 15.3 Å². The molecule has 1 unspecified atom stereocenters. The summed E-state index contributed by atoms with van der Waals surface area (Å²) >= 11 is 0. The SMILES string of the molecule is CNC(CCN(C)CC(C)C)c1ccccc1F. The summed E-state index contributed by atoms with van der Waals surface area (Å²) in [4.78, 5) is 2.30. The average Bonchev–Trinajstić information content (AvgIpc) is 2.31. The highest BCUT2D eigenvalue weighted by atomic mass is 19.1. The van der Waals surface area contributed by atoms with Gasteiger partial charge in [0, 0.05) is 18.2 Å². The molecule has 0 heterocycles. The van der Waals surface area contributed by atoms with E-state index in [1.807, 2.05) is 19.2 Å². The Kier molecular flexibility index (Phi) is 6.30. The zero-order chi connectivity index (χ0) is 13.5. The second-order valence-electron chi connectivity index (χ2n) is 5.31. The Morgan fingerprint density at radius 1 is 1.28 bits per heavy atom. The van der Waals surface area contributed by atoms with Crippen LogP contribution in [-0.2, 0) is 0 Å². The smallest absolute Gasteiger partial charge is 0.127 e. The van der Waals surface area contributed by atoms with Crippen LogP contribution in [0.3, 0.4) is 0 Å². The van der Waals surface area contributed by atoms with Gasteiger partial charge in [-0.2, -0.15) is 0 Å². The highest BCUT2D eigenvalue weighted by Crippen LogP contribution is 2.19. The average molecular weight is 252 g/mol. The van der Waals surface area contributed by atoms with Gasteiger partial charge in [0.1, 0.15) is 5.82 Å². The van der Waals surface area contributed by atoms with Gasteiger partial charge in [-0.1, -0.05) is 32.0 Å². The van der Waals surface area contributed by atoms with E-state index in [0.717, 1.165) is 25.1 Å². The number of benzene rings is 1. The fourth-order valence-electron chi connectivity index (χ4n) is 2.28. The van der Waals surface area contributed by atoms with Gasteiger partial charge < -0.3 is 10.2 Å². The van der Waals surface area contributed by atoms with Crippen molar-refractivity contribution in [3.63, 3.8) is 0 Å². The summed E-state index contributed by atoms with van der Waals surface area (Å²) in [5, 5.41) is 3.20. The Balaban J connectivity index is 2.55. The molecule has 1 aromatic rings. The van der Waals surface area contributed by atoms with Crippen molar-refractivity contribution in [2.45, 2.75) is 26.3 Å². The molecule has 1 N–H and O–H groups in total. The minimum absolute atomic E-state index is 0.0841. The van der Waals surface area contributed by atoms with Gasteiger partial charge in [0.15, 0.2) is 0 Å². The molecule has 2 nitrogen and oxygen atoms in total. The lowest BCUT2D eigenvalue weighted by Crippen LogP contribution is -2.28. The van der Waals surface area contributed by atoms with Crippen molar-refractivity contribution in [2.24, 2.45) is 5.92 Å². The van der Waals surface area contributed by atoms with Gasteiger partial charge in [0.2, 0.25) is 0 Å². The van der Waals surface area contributed by atoms with Crippen molar-refractivity contribution in [3.05, 3.63) is 35.6 Å². The van der Waals surface area contributed by atoms with Crippen LogP contribution >= 0.6 is 0 Å². The minimum atomic E-state index is -0.122. The summed E-state index contributed by atoms with van der Waals surface area (Å²) in [7, 11) is 4.01. The van der Waals surface area contributed by atoms with Gasteiger partial charge in [-0.15, -0.1) is 0 Å². The summed E-state index contributed by atoms with van der Waals surface area (Å²) in [6.07, 6.45) is 0.917. The molecule has 102 valence electrons. The molecule has 0 amide bonds. The molecular formula is C15H25FN2. The van der Waals surface area contributed by atoms with Crippen LogP contribution in [-0.4, -0.2) is 32.1 Å². The van der Waals surface area contributed by atoms with E-state index in [2.05, 4.69) is 31.1 Å². The van der Waals surface area contributed by atoms with Crippen LogP contribution < -0.4 is 5.32 Å². The monoisotopic (exact) mass is 252 g/mol. The van der Waals surface area contributed by atoms with Crippen molar-refractivity contribution < 1.29 is 4.39 Å². The molecule has 18 heavy (non-hydrogen) atoms. The van der Waals surface area contributed by atoms with E-state index in [-0.39, 0.29) is 11.9 Å². The minimum Gasteiger partial charge on any atom is -0.313 e. The lowest BCUT2D eigenvalue weighted by atomic mass is 10.0. The molecule has 0 saturated carbocycles. The Bertz CT molecular complexity index is 352. The normalized spacial score (nSPS) is 13.3. The predicted octanol–water partition coefficient (Wildman–Crippen LogP) is 3.06. The van der Waals surface area contributed by atoms with E-state index >= 15 is 0 Å². The first kappa shape index (κ1) is 15.1. The molecule has 0 aliphatic rings. The van der Waals surface area contributed by atoms with E-state index in [9.17, 15) is 4.39 Å². The summed E-state index contributed by atoms with van der Waals surface area (Å²) in [5.41, 5.74) is 0.762. The fourth-order valence-corrected chi connectivity index (χ4v) is 2.28. The lowest BCUT2D eigenvalue weighted by molar-refractivity contribution is 0.278. The van der Waals surface area contributed by atoms with Gasteiger partial charge in [-0.25, -0.2) is 4.39 Å². The maximum Gasteiger partial charge on any atom is 0.127 e. The summed E-state index contributed by atoms with van der Waals surface area (Å²) in [6, 6.07) is 7.09. The quantitative estimate of drug-likeness (QED) is 0.802. The van der Waals surface area contributed by atoms with Crippen molar-refractivity contribution in [1.82, 2.24) is 10.2 Å². The first-order valence-electron chi connectivity index (χ1n) is 6.64. The van der Waals surface area contributed by atoms with Crippen LogP contribution in [0.2, 0.25) is 0 Å². The highest BCUT2D eigenvalue weighted by Gasteiger charge is 2.14. The van der Waals surface area contributed by atoms with Gasteiger partial charge in [0.25, 0.3) is 0 Å². The van der Waals surface area contributed by atoms with Crippen LogP contribution in [0, 0.1) is 11.7 Å². The molecule has 1 aromatic carbocycles. The standard InChI is InChI=1S/C15H25FN2/c1-12(2)11-18(4)10-9-15(17-3)13-7-5-6-8-14(13)16/h5-8,12,15,17H,9-11H2,1-4H3. The summed E-state index contributed by atoms with van der Waals surface area (Å²) < 4.78 is 13.7. The molecule has 0 aliphatic heterocycles. The van der Waals surface area contributed by atoms with Gasteiger partial charge >= 0.3 is 0 Å². The number of rotatable bonds is 7. The first-order chi connectivity index (χ1) is 8.54. The predicted molar refractivity (Wildman–Crippen MR) is 75.2 cm³/mol. The van der Waals surface area contributed by atoms with Crippen LogP contribution in [0.15, 0.2) is 24.3 Å². The Hall–Kier alpha value is -0.930. The van der Waals surface area contributed by atoms with Gasteiger partial charge in [0.05, 0.1) is 0 Å². The molecule has 1 atom stereocenters. The molecule has 0 radical (unpaired) electrons. The molecule has 0 spiro atoms. The Morgan fingerprint density at radius 3 is 2.50 bits per heavy atom. The lowest BCUT2D eigenvalue weighted by Gasteiger charge is -2.23. The summed E-state index contributed by atoms with van der Waals surface area (Å²) in [5.74, 6) is 0.542. The van der Waals surface area contributed by atoms with Crippen molar-refractivity contribution in [2.75, 3.05) is 27.2 Å². The van der Waals surface area contributed by atoms with Crippen LogP contribution in [0.25, 0.3) is 0 Å². The van der Waals surface area contributed by atoms with Crippen molar-refractivity contribution in [1.29, 1.82) is 0 Å². The molecule has 0 fully saturated rings. The fraction of sp³-hybridized carbons (Fsp3) is 0.600. The van der Waals surface area contributed by atoms with Crippen LogP contribution in [0.1, 0.15) is 31.9 Å². The summed E-state index contributed by atoms with van der Waals surface area (Å²) in [6.45, 7) is 6.47. The molecule has 1 rings (SSSR count). The molecule has 0 saturated heterocycles. The number of nitrogens with zero attached hydrogens (tertiary/aromatic N) is 1. The second kappa shape index (κ2) is 7.49. The number of nitrogens with one attached hydrogen (secondary N) is 1. The Morgan fingerprint density at radius 2 is 1.94 bits per heavy atom. The largest absolute Gasteiger partial charge is 0.313 e. The van der Waals surface area contributed by atoms with E-state index < -0.39 is 0 Å². The maximum absolute atomic E-state index is 13.7. The third kappa shape index (κ3) is 4.75. The highest BCUT2D eigenvalue weighted by molar-refractivity contribution is 5.21. The molecule has 0 aliphatic carbocycles. The van der Waals surface area contributed by atoms with Crippen LogP contribution in [0.5, 0.6) is 0 Å². The maximum atomic E-state index is 13.7. The third-order valence-corrected chi connectivity index (χ3v) is 3.11. The van der Waals surface area contributed by atoms with E-state index in [0.29, 0.717) is 5.92 Å². The second-order valence-corrected chi connectivity index (χ2v) is 5.31. The van der Waals surface area contributed by atoms with Gasteiger partial charge in [-0.05, 0) is 39.0 Å². The molecule has 0 bridgehead atoms. The number of hydrogen-bond donors (Lipinski definition) is 1. The molecular weight excluding hydrogens is 227 g/mol. The first-order valence-corrected chi connectivity index (χ1v) is 6.64. The van der Waals surface area contributed by atoms with Crippen LogP contribution in [0.4, 0.5) is 4.39 Å². The van der Waals surface area contributed by atoms with E-state index in [4.69, 9.17) is 0 Å².